The van der Waals surface area contributed by atoms with Crippen molar-refractivity contribution in [2.24, 2.45) is 0 Å². The Balaban J connectivity index is 1.53. The second-order valence-corrected chi connectivity index (χ2v) is 8.10. The number of aliphatic carboxylic acids is 1. The summed E-state index contributed by atoms with van der Waals surface area (Å²) in [6, 6.07) is 24.6. The first-order valence-corrected chi connectivity index (χ1v) is 11.0. The lowest BCUT2D eigenvalue weighted by molar-refractivity contribution is -0.147. The van der Waals surface area contributed by atoms with Gasteiger partial charge in [-0.3, -0.25) is 9.59 Å². The number of hydrogen-bond acceptors (Lipinski definition) is 5. The van der Waals surface area contributed by atoms with Gasteiger partial charge in [0.25, 0.3) is 0 Å². The van der Waals surface area contributed by atoms with Crippen molar-refractivity contribution in [1.82, 2.24) is 5.16 Å². The van der Waals surface area contributed by atoms with E-state index < -0.39 is 5.97 Å². The Bertz CT molecular complexity index is 1290. The molecule has 0 aliphatic rings. The van der Waals surface area contributed by atoms with Crippen molar-refractivity contribution in [3.05, 3.63) is 101 Å². The molecule has 1 N–H and O–H groups in total. The molecule has 3 aromatic carbocycles. The number of nitrogens with zero attached hydrogens (tertiary/aromatic N) is 1. The minimum Gasteiger partial charge on any atom is -0.481 e. The minimum absolute atomic E-state index is 0.0467. The molecule has 4 rings (SSSR count). The van der Waals surface area contributed by atoms with Crippen molar-refractivity contribution >= 4 is 11.9 Å². The highest BCUT2D eigenvalue weighted by Gasteiger charge is 2.21. The first-order valence-electron chi connectivity index (χ1n) is 11.0. The fraction of sp³-hybridized carbons (Fsp3) is 0.179. The summed E-state index contributed by atoms with van der Waals surface area (Å²) in [5.74, 6) is -0.713. The fourth-order valence-electron chi connectivity index (χ4n) is 3.92. The number of benzene rings is 3. The molecule has 172 valence electrons. The lowest BCUT2D eigenvalue weighted by Crippen LogP contribution is -2.12. The number of carboxylic acid groups (broad SMARTS) is 1. The number of aromatic nitrogens is 1. The van der Waals surface area contributed by atoms with E-state index in [9.17, 15) is 14.7 Å². The fourth-order valence-corrected chi connectivity index (χ4v) is 3.92. The third-order valence-corrected chi connectivity index (χ3v) is 5.70. The Kier molecular flexibility index (Phi) is 6.87. The number of esters is 1. The second-order valence-electron chi connectivity index (χ2n) is 8.10. The summed E-state index contributed by atoms with van der Waals surface area (Å²) in [6.07, 6.45) is -0.361. The van der Waals surface area contributed by atoms with E-state index >= 15 is 0 Å². The average Bonchev–Trinajstić information content (AvgIpc) is 3.19. The van der Waals surface area contributed by atoms with Gasteiger partial charge in [0, 0.05) is 11.1 Å². The van der Waals surface area contributed by atoms with Crippen LogP contribution in [-0.2, 0) is 27.2 Å². The second kappa shape index (κ2) is 10.2. The lowest BCUT2D eigenvalue weighted by Gasteiger charge is -2.13. The number of aryl methyl sites for hydroxylation is 1. The third-order valence-electron chi connectivity index (χ3n) is 5.70. The molecule has 34 heavy (non-hydrogen) atoms. The van der Waals surface area contributed by atoms with Gasteiger partial charge in [-0.15, -0.1) is 0 Å². The topological polar surface area (TPSA) is 89.6 Å². The summed E-state index contributed by atoms with van der Waals surface area (Å²) >= 11 is 0. The highest BCUT2D eigenvalue weighted by Crippen LogP contribution is 2.31. The SMILES string of the molecule is Cc1noc(-c2ccc(-c3ccccc3CC(=O)O)cc2)c1CC(=O)O[C@H](C)c1ccccc1. The van der Waals surface area contributed by atoms with Crippen LogP contribution < -0.4 is 0 Å². The Hall–Kier alpha value is -4.19. The van der Waals surface area contributed by atoms with Gasteiger partial charge in [0.15, 0.2) is 5.76 Å². The Morgan fingerprint density at radius 3 is 2.26 bits per heavy atom. The monoisotopic (exact) mass is 455 g/mol. The summed E-state index contributed by atoms with van der Waals surface area (Å²) < 4.78 is 11.2. The van der Waals surface area contributed by atoms with Gasteiger partial charge in [-0.2, -0.15) is 0 Å². The molecule has 1 atom stereocenters. The summed E-state index contributed by atoms with van der Waals surface area (Å²) in [6.45, 7) is 3.64. The third kappa shape index (κ3) is 5.23. The molecule has 0 radical (unpaired) electrons. The Labute approximate surface area is 197 Å². The first kappa shape index (κ1) is 23.0. The molecule has 0 aliphatic carbocycles. The summed E-state index contributed by atoms with van der Waals surface area (Å²) in [7, 11) is 0. The molecule has 0 aliphatic heterocycles. The Morgan fingerprint density at radius 2 is 1.56 bits per heavy atom. The number of hydrogen-bond donors (Lipinski definition) is 1. The van der Waals surface area contributed by atoms with E-state index in [-0.39, 0.29) is 24.9 Å². The smallest absolute Gasteiger partial charge is 0.311 e. The van der Waals surface area contributed by atoms with Gasteiger partial charge >= 0.3 is 11.9 Å². The van der Waals surface area contributed by atoms with E-state index in [1.807, 2.05) is 85.8 Å². The van der Waals surface area contributed by atoms with Gasteiger partial charge in [-0.05, 0) is 36.1 Å². The minimum atomic E-state index is -0.876. The lowest BCUT2D eigenvalue weighted by atomic mass is 9.96. The van der Waals surface area contributed by atoms with Gasteiger partial charge < -0.3 is 14.4 Å². The predicted octanol–water partition coefficient (Wildman–Crippen LogP) is 5.79. The number of carbonyl (C=O) groups excluding carboxylic acids is 1. The van der Waals surface area contributed by atoms with Gasteiger partial charge in [0.2, 0.25) is 0 Å². The van der Waals surface area contributed by atoms with Crippen molar-refractivity contribution in [3.8, 4) is 22.5 Å². The zero-order valence-electron chi connectivity index (χ0n) is 19.0. The van der Waals surface area contributed by atoms with Crippen molar-refractivity contribution < 1.29 is 24.0 Å². The van der Waals surface area contributed by atoms with Gasteiger partial charge in [-0.25, -0.2) is 0 Å². The van der Waals surface area contributed by atoms with Crippen LogP contribution in [0.4, 0.5) is 0 Å². The van der Waals surface area contributed by atoms with Crippen LogP contribution in [0, 0.1) is 6.92 Å². The summed E-state index contributed by atoms with van der Waals surface area (Å²) in [5, 5.41) is 13.3. The number of ether oxygens (including phenoxy) is 1. The summed E-state index contributed by atoms with van der Waals surface area (Å²) in [4.78, 5) is 23.9. The van der Waals surface area contributed by atoms with Gasteiger partial charge in [-0.1, -0.05) is 84.0 Å². The van der Waals surface area contributed by atoms with Gasteiger partial charge in [0.1, 0.15) is 6.10 Å². The molecular formula is C28H25NO5. The van der Waals surface area contributed by atoms with Crippen LogP contribution in [0.2, 0.25) is 0 Å². The molecule has 0 fully saturated rings. The maximum atomic E-state index is 12.7. The highest BCUT2D eigenvalue weighted by molar-refractivity contribution is 5.79. The normalized spacial score (nSPS) is 11.7. The molecule has 4 aromatic rings. The van der Waals surface area contributed by atoms with Crippen molar-refractivity contribution in [2.45, 2.75) is 32.8 Å². The van der Waals surface area contributed by atoms with Crippen LogP contribution >= 0.6 is 0 Å². The molecule has 1 heterocycles. The molecule has 0 bridgehead atoms. The van der Waals surface area contributed by atoms with Crippen molar-refractivity contribution in [2.75, 3.05) is 0 Å². The van der Waals surface area contributed by atoms with Crippen molar-refractivity contribution in [1.29, 1.82) is 0 Å². The van der Waals surface area contributed by atoms with Gasteiger partial charge in [0.05, 0.1) is 18.5 Å². The molecule has 0 spiro atoms. The van der Waals surface area contributed by atoms with E-state index in [4.69, 9.17) is 9.26 Å². The van der Waals surface area contributed by atoms with Crippen LogP contribution in [0.25, 0.3) is 22.5 Å². The molecular weight excluding hydrogens is 430 g/mol. The molecule has 6 nitrogen and oxygen atoms in total. The molecule has 0 amide bonds. The molecule has 0 saturated heterocycles. The van der Waals surface area contributed by atoms with E-state index in [2.05, 4.69) is 5.16 Å². The standard InChI is InChI=1S/C28H25NO5/c1-18-25(17-27(32)33-19(2)20-8-4-3-5-9-20)28(34-29-18)22-14-12-21(13-15-22)24-11-7-6-10-23(24)16-26(30)31/h3-15,19H,16-17H2,1-2H3,(H,30,31)/t19-/m1/s1. The molecule has 1 aromatic heterocycles. The van der Waals surface area contributed by atoms with Crippen LogP contribution in [0.15, 0.2) is 83.4 Å². The van der Waals surface area contributed by atoms with Crippen LogP contribution in [0.3, 0.4) is 0 Å². The molecule has 6 heteroatoms. The quantitative estimate of drug-likeness (QED) is 0.338. The predicted molar refractivity (Wildman–Crippen MR) is 128 cm³/mol. The molecule has 0 unspecified atom stereocenters. The van der Waals surface area contributed by atoms with Crippen LogP contribution in [-0.4, -0.2) is 22.2 Å². The van der Waals surface area contributed by atoms with Crippen LogP contribution in [0.1, 0.15) is 35.4 Å². The van der Waals surface area contributed by atoms with Crippen LogP contribution in [0.5, 0.6) is 0 Å². The maximum absolute atomic E-state index is 12.7. The first-order chi connectivity index (χ1) is 16.4. The van der Waals surface area contributed by atoms with E-state index in [1.54, 1.807) is 6.92 Å². The highest BCUT2D eigenvalue weighted by atomic mass is 16.5. The largest absolute Gasteiger partial charge is 0.481 e. The van der Waals surface area contributed by atoms with E-state index in [1.165, 1.54) is 0 Å². The average molecular weight is 456 g/mol. The van der Waals surface area contributed by atoms with Crippen molar-refractivity contribution in [3.63, 3.8) is 0 Å². The van der Waals surface area contributed by atoms with E-state index in [0.29, 0.717) is 17.0 Å². The number of rotatable bonds is 8. The number of carbonyl (C=O) groups is 2. The maximum Gasteiger partial charge on any atom is 0.311 e. The number of carboxylic acids is 1. The molecule has 0 saturated carbocycles. The Morgan fingerprint density at radius 1 is 0.912 bits per heavy atom. The van der Waals surface area contributed by atoms with E-state index in [0.717, 1.165) is 27.8 Å². The zero-order chi connectivity index (χ0) is 24.1. The summed E-state index contributed by atoms with van der Waals surface area (Å²) in [5.41, 5.74) is 5.53. The zero-order valence-corrected chi connectivity index (χ0v) is 19.0.